The molecule has 9 N–H and O–H groups in total. The van der Waals surface area contributed by atoms with Crippen molar-refractivity contribution in [2.24, 2.45) is 0 Å². The van der Waals surface area contributed by atoms with Gasteiger partial charge in [0, 0.05) is 6.42 Å². The van der Waals surface area contributed by atoms with Gasteiger partial charge in [0.05, 0.1) is 32.0 Å². The number of amides is 1. The van der Waals surface area contributed by atoms with Gasteiger partial charge >= 0.3 is 0 Å². The first-order chi connectivity index (χ1) is 50.6. The number of allylic oxidation sites excluding steroid dienone is 23. The molecule has 2 rings (SSSR count). The minimum Gasteiger partial charge on any atom is -0.394 e. The normalized spacial score (nSPS) is 22.3. The Hall–Kier alpha value is -4.13. The third-order valence-electron chi connectivity index (χ3n) is 19.3. The first kappa shape index (κ1) is 94.9. The lowest BCUT2D eigenvalue weighted by Gasteiger charge is -2.46. The van der Waals surface area contributed by atoms with Gasteiger partial charge in [-0.3, -0.25) is 4.79 Å². The molecule has 0 spiro atoms. The zero-order chi connectivity index (χ0) is 74.4. The summed E-state index contributed by atoms with van der Waals surface area (Å²) in [5, 5.41) is 87.7. The summed E-state index contributed by atoms with van der Waals surface area (Å²) >= 11 is 0. The average Bonchev–Trinajstić information content (AvgIpc) is 0.791. The maximum Gasteiger partial charge on any atom is 0.220 e. The van der Waals surface area contributed by atoms with Crippen molar-refractivity contribution in [3.8, 4) is 0 Å². The van der Waals surface area contributed by atoms with E-state index in [0.29, 0.717) is 6.42 Å². The average molecular weight is 1440 g/mol. The molecule has 0 aliphatic carbocycles. The molecule has 2 aliphatic heterocycles. The van der Waals surface area contributed by atoms with Crippen LogP contribution in [0.4, 0.5) is 0 Å². The fourth-order valence-electron chi connectivity index (χ4n) is 12.8. The summed E-state index contributed by atoms with van der Waals surface area (Å²) in [5.74, 6) is -0.260. The van der Waals surface area contributed by atoms with Crippen LogP contribution in [0.25, 0.3) is 0 Å². The summed E-state index contributed by atoms with van der Waals surface area (Å²) in [5.41, 5.74) is 0. The van der Waals surface area contributed by atoms with E-state index in [2.05, 4.69) is 153 Å². The van der Waals surface area contributed by atoms with Gasteiger partial charge in [-0.2, -0.15) is 0 Å². The lowest BCUT2D eigenvalue weighted by molar-refractivity contribution is -0.359. The Morgan fingerprint density at radius 3 is 1.03 bits per heavy atom. The Morgan fingerprint density at radius 1 is 0.359 bits per heavy atom. The molecule has 2 saturated heterocycles. The van der Waals surface area contributed by atoms with Gasteiger partial charge in [0.1, 0.15) is 48.8 Å². The summed E-state index contributed by atoms with van der Waals surface area (Å²) in [6.45, 7) is 2.70. The van der Waals surface area contributed by atoms with Crippen LogP contribution < -0.4 is 5.32 Å². The van der Waals surface area contributed by atoms with Crippen molar-refractivity contribution in [2.45, 2.75) is 389 Å². The van der Waals surface area contributed by atoms with E-state index in [1.54, 1.807) is 6.08 Å². The van der Waals surface area contributed by atoms with Gasteiger partial charge in [-0.25, -0.2) is 0 Å². The topological polar surface area (TPSA) is 228 Å². The summed E-state index contributed by atoms with van der Waals surface area (Å²) in [6.07, 6.45) is 90.6. The standard InChI is InChI=1S/C89H151NO13/c1-3-5-7-9-11-13-15-17-19-21-23-25-27-29-31-33-35-36-37-38-39-40-41-42-43-45-47-49-51-53-55-57-59-61-63-65-67-69-71-73-81(94)90-77(76-100-88-86(99)84(97)87(80(75-92)102-88)103-89-85(98)83(96)82(95)79(74-91)101-89)78(93)72-70-68-66-64-62-60-58-56-54-52-50-48-46-44-34-32-30-28-26-24-22-20-18-16-14-12-10-8-6-4-2/h5,7,11,13,17,19,23,25,29,31,35-36,38-39,41-42,45,47,51,53,57,59,70,72,77-80,82-89,91-93,95-99H,3-4,6,8-10,12,14-16,18,20-22,24,26-28,30,32-34,37,40,43-44,46,48-50,52,54-56,58,60-69,71,73-76H2,1-2H3,(H,90,94)/b7-5-,13-11-,19-17-,25-23-,31-29-,36-35-,39-38-,42-41-,47-45-,53-51-,59-57-,72-70+. The fourth-order valence-corrected chi connectivity index (χ4v) is 12.8. The lowest BCUT2D eigenvalue weighted by atomic mass is 9.97. The summed E-state index contributed by atoms with van der Waals surface area (Å²) < 4.78 is 22.9. The molecule has 0 radical (unpaired) electrons. The predicted molar refractivity (Wildman–Crippen MR) is 428 cm³/mol. The number of unbranched alkanes of at least 4 members (excludes halogenated alkanes) is 33. The van der Waals surface area contributed by atoms with E-state index in [9.17, 15) is 45.6 Å². The van der Waals surface area contributed by atoms with Crippen LogP contribution in [0.3, 0.4) is 0 Å². The number of nitrogens with one attached hydrogen (secondary N) is 1. The van der Waals surface area contributed by atoms with Gasteiger partial charge in [0.15, 0.2) is 12.6 Å². The Labute approximate surface area is 627 Å². The Kier molecular flexibility index (Phi) is 65.3. The number of ether oxygens (including phenoxy) is 4. The van der Waals surface area contributed by atoms with Crippen LogP contribution in [0.2, 0.25) is 0 Å². The monoisotopic (exact) mass is 1440 g/mol. The van der Waals surface area contributed by atoms with Crippen LogP contribution in [-0.4, -0.2) is 140 Å². The number of aliphatic hydroxyl groups is 8. The van der Waals surface area contributed by atoms with Crippen LogP contribution in [0, 0.1) is 0 Å². The van der Waals surface area contributed by atoms with E-state index in [1.807, 2.05) is 6.08 Å². The summed E-state index contributed by atoms with van der Waals surface area (Å²) in [7, 11) is 0. The number of hydrogen-bond donors (Lipinski definition) is 9. The van der Waals surface area contributed by atoms with Crippen LogP contribution >= 0.6 is 0 Å². The second kappa shape index (κ2) is 70.8. The second-order valence-corrected chi connectivity index (χ2v) is 28.5. The SMILES string of the molecule is CC/C=C\C/C=C\C/C=C\C/C=C\C/C=C\C/C=C\C/C=C\C/C=C\C/C=C\C/C=C\C/C=C\CCCCCCCC(=O)NC(COC1OC(CO)C(OC2OC(CO)C(O)C(O)C2O)C(O)C1O)C(O)/C=C/CCCCCCCCCCCCCCCCCCCCCCCCCCCCCC. The number of carbonyl (C=O) groups excluding carboxylic acids is 1. The maximum absolute atomic E-state index is 13.4. The third kappa shape index (κ3) is 53.3. The smallest absolute Gasteiger partial charge is 0.220 e. The molecule has 14 nitrogen and oxygen atoms in total. The van der Waals surface area contributed by atoms with Gasteiger partial charge in [0.25, 0.3) is 0 Å². The van der Waals surface area contributed by atoms with Gasteiger partial charge in [-0.15, -0.1) is 0 Å². The van der Waals surface area contributed by atoms with E-state index in [4.69, 9.17) is 18.9 Å². The largest absolute Gasteiger partial charge is 0.394 e. The first-order valence-electron chi connectivity index (χ1n) is 41.6. The van der Waals surface area contributed by atoms with Crippen molar-refractivity contribution in [1.29, 1.82) is 0 Å². The van der Waals surface area contributed by atoms with Gasteiger partial charge < -0.3 is 65.1 Å². The molecular weight excluding hydrogens is 1290 g/mol. The Balaban J connectivity index is 1.64. The van der Waals surface area contributed by atoms with Crippen molar-refractivity contribution in [3.05, 3.63) is 146 Å². The summed E-state index contributed by atoms with van der Waals surface area (Å²) in [4.78, 5) is 13.4. The highest BCUT2D eigenvalue weighted by Gasteiger charge is 2.51. The van der Waals surface area contributed by atoms with Gasteiger partial charge in [-0.05, 0) is 103 Å². The van der Waals surface area contributed by atoms with E-state index in [-0.39, 0.29) is 18.9 Å². The molecule has 2 fully saturated rings. The van der Waals surface area contributed by atoms with Gasteiger partial charge in [-0.1, -0.05) is 352 Å². The molecule has 0 aromatic rings. The highest BCUT2D eigenvalue weighted by atomic mass is 16.7. The van der Waals surface area contributed by atoms with Crippen LogP contribution in [0.15, 0.2) is 146 Å². The van der Waals surface area contributed by atoms with Crippen LogP contribution in [0.5, 0.6) is 0 Å². The molecule has 590 valence electrons. The van der Waals surface area contributed by atoms with Gasteiger partial charge in [0.2, 0.25) is 5.91 Å². The number of carbonyl (C=O) groups is 1. The zero-order valence-electron chi connectivity index (χ0n) is 64.8. The van der Waals surface area contributed by atoms with E-state index >= 15 is 0 Å². The van der Waals surface area contributed by atoms with E-state index < -0.39 is 86.8 Å². The maximum atomic E-state index is 13.4. The molecule has 2 heterocycles. The highest BCUT2D eigenvalue weighted by molar-refractivity contribution is 5.76. The van der Waals surface area contributed by atoms with Crippen LogP contribution in [-0.2, 0) is 23.7 Å². The molecule has 0 aromatic heterocycles. The molecule has 0 aromatic carbocycles. The van der Waals surface area contributed by atoms with Crippen LogP contribution in [0.1, 0.15) is 316 Å². The Morgan fingerprint density at radius 2 is 0.670 bits per heavy atom. The first-order valence-corrected chi connectivity index (χ1v) is 41.6. The van der Waals surface area contributed by atoms with Crippen molar-refractivity contribution >= 4 is 5.91 Å². The van der Waals surface area contributed by atoms with Crippen molar-refractivity contribution < 1.29 is 64.6 Å². The minimum absolute atomic E-state index is 0.250. The predicted octanol–water partition coefficient (Wildman–Crippen LogP) is 19.5. The molecule has 14 heteroatoms. The van der Waals surface area contributed by atoms with Crippen molar-refractivity contribution in [3.63, 3.8) is 0 Å². The highest BCUT2D eigenvalue weighted by Crippen LogP contribution is 2.30. The third-order valence-corrected chi connectivity index (χ3v) is 19.3. The van der Waals surface area contributed by atoms with Crippen molar-refractivity contribution in [2.75, 3.05) is 19.8 Å². The van der Waals surface area contributed by atoms with E-state index in [1.165, 1.54) is 167 Å². The molecule has 12 atom stereocenters. The molecular formula is C89H151NO13. The van der Waals surface area contributed by atoms with Crippen molar-refractivity contribution in [1.82, 2.24) is 5.32 Å². The number of rotatable bonds is 68. The number of aliphatic hydroxyl groups excluding tert-OH is 8. The molecule has 103 heavy (non-hydrogen) atoms. The lowest BCUT2D eigenvalue weighted by Crippen LogP contribution is -2.65. The number of hydrogen-bond acceptors (Lipinski definition) is 13. The molecule has 1 amide bonds. The second-order valence-electron chi connectivity index (χ2n) is 28.5. The van der Waals surface area contributed by atoms with E-state index in [0.717, 1.165) is 122 Å². The Bertz CT molecular complexity index is 2300. The quantitative estimate of drug-likeness (QED) is 0.0204. The fraction of sp³-hybridized carbons (Fsp3) is 0.719. The molecule has 0 bridgehead atoms. The zero-order valence-corrected chi connectivity index (χ0v) is 64.8. The molecule has 2 aliphatic rings. The molecule has 0 saturated carbocycles. The summed E-state index contributed by atoms with van der Waals surface area (Å²) in [6, 6.07) is -0.939. The molecule has 12 unspecified atom stereocenters. The minimum atomic E-state index is -1.80.